The summed E-state index contributed by atoms with van der Waals surface area (Å²) in [5.41, 5.74) is 9.74. The number of aromatic nitrogens is 4. The molecule has 5 nitrogen and oxygen atoms in total. The molecular formula is C47H29N5. The minimum Gasteiger partial charge on any atom is -0.309 e. The number of benzene rings is 8. The third-order valence-corrected chi connectivity index (χ3v) is 10.3. The van der Waals surface area contributed by atoms with E-state index in [9.17, 15) is 0 Å². The fourth-order valence-corrected chi connectivity index (χ4v) is 7.99. The molecule has 2 aromatic heterocycles. The molecule has 3 heterocycles. The van der Waals surface area contributed by atoms with E-state index in [1.165, 1.54) is 27.1 Å². The first kappa shape index (κ1) is 28.7. The number of anilines is 3. The van der Waals surface area contributed by atoms with Gasteiger partial charge >= 0.3 is 0 Å². The van der Waals surface area contributed by atoms with Crippen molar-refractivity contribution in [1.82, 2.24) is 19.5 Å². The maximum atomic E-state index is 5.32. The van der Waals surface area contributed by atoms with E-state index in [2.05, 4.69) is 185 Å². The Bertz CT molecular complexity index is 3030. The van der Waals surface area contributed by atoms with Crippen molar-refractivity contribution in [3.8, 4) is 39.6 Å². The molecule has 0 saturated carbocycles. The lowest BCUT2D eigenvalue weighted by Gasteiger charge is -2.32. The predicted octanol–water partition coefficient (Wildman–Crippen LogP) is 12.1. The standard InChI is InChI=1S/C47H29N5/c1-2-16-35(17-3-1)51-40-21-8-7-19-37(40)39-29-34(26-27-42(39)51)46-48-45(33-25-24-30-12-4-5-13-32(30)28-33)49-47(50-46)52-41-22-9-6-18-36(41)38-20-10-14-31-15-11-23-43(52)44(31)38/h1-29H. The number of hydrogen-bond acceptors (Lipinski definition) is 4. The SMILES string of the molecule is c1ccc(-n2c3ccccc3c3cc(-c4nc(-c5ccc6ccccc6c5)nc(N5c6ccccc6-c6cccc7cccc5c67)n4)ccc32)cc1. The van der Waals surface area contributed by atoms with Gasteiger partial charge in [0.1, 0.15) is 0 Å². The van der Waals surface area contributed by atoms with Gasteiger partial charge in [-0.2, -0.15) is 9.97 Å². The lowest BCUT2D eigenvalue weighted by molar-refractivity contribution is 1.02. The van der Waals surface area contributed by atoms with Gasteiger partial charge in [0.2, 0.25) is 5.95 Å². The Kier molecular flexibility index (Phi) is 6.18. The number of rotatable bonds is 4. The Labute approximate surface area is 299 Å². The van der Waals surface area contributed by atoms with E-state index in [4.69, 9.17) is 15.0 Å². The number of hydrogen-bond donors (Lipinski definition) is 0. The molecule has 0 atom stereocenters. The summed E-state index contributed by atoms with van der Waals surface area (Å²) in [7, 11) is 0. The molecule has 0 bridgehead atoms. The molecule has 0 unspecified atom stereocenters. The van der Waals surface area contributed by atoms with Gasteiger partial charge in [0, 0.05) is 38.5 Å². The van der Waals surface area contributed by atoms with Gasteiger partial charge < -0.3 is 4.57 Å². The van der Waals surface area contributed by atoms with Crippen molar-refractivity contribution in [2.75, 3.05) is 4.90 Å². The van der Waals surface area contributed by atoms with Crippen LogP contribution in [-0.4, -0.2) is 19.5 Å². The minimum atomic E-state index is 0.578. The van der Waals surface area contributed by atoms with Gasteiger partial charge in [0.15, 0.2) is 11.6 Å². The van der Waals surface area contributed by atoms with Crippen molar-refractivity contribution >= 4 is 60.7 Å². The topological polar surface area (TPSA) is 46.8 Å². The van der Waals surface area contributed by atoms with Crippen LogP contribution in [0.3, 0.4) is 0 Å². The zero-order valence-corrected chi connectivity index (χ0v) is 28.0. The molecule has 242 valence electrons. The molecule has 0 fully saturated rings. The van der Waals surface area contributed by atoms with Crippen molar-refractivity contribution in [3.63, 3.8) is 0 Å². The molecular weight excluding hydrogens is 635 g/mol. The highest BCUT2D eigenvalue weighted by Crippen LogP contribution is 2.50. The van der Waals surface area contributed by atoms with Crippen LogP contribution in [0.1, 0.15) is 0 Å². The predicted molar refractivity (Wildman–Crippen MR) is 214 cm³/mol. The van der Waals surface area contributed by atoms with Gasteiger partial charge in [-0.1, -0.05) is 121 Å². The Morgan fingerprint density at radius 1 is 0.385 bits per heavy atom. The molecule has 5 heteroatoms. The fourth-order valence-electron chi connectivity index (χ4n) is 7.99. The zero-order valence-electron chi connectivity index (χ0n) is 28.0. The Morgan fingerprint density at radius 2 is 1.02 bits per heavy atom. The molecule has 8 aromatic carbocycles. The monoisotopic (exact) mass is 663 g/mol. The summed E-state index contributed by atoms with van der Waals surface area (Å²) in [6.07, 6.45) is 0. The van der Waals surface area contributed by atoms with Crippen molar-refractivity contribution in [3.05, 3.63) is 176 Å². The van der Waals surface area contributed by atoms with Crippen molar-refractivity contribution in [1.29, 1.82) is 0 Å². The average Bonchev–Trinajstić information content (AvgIpc) is 3.55. The molecule has 0 N–H and O–H groups in total. The molecule has 0 spiro atoms. The van der Waals surface area contributed by atoms with Crippen LogP contribution < -0.4 is 4.90 Å². The van der Waals surface area contributed by atoms with Gasteiger partial charge in [0.05, 0.1) is 22.4 Å². The molecule has 52 heavy (non-hydrogen) atoms. The quantitative estimate of drug-likeness (QED) is 0.188. The fraction of sp³-hybridized carbons (Fsp3) is 0. The third-order valence-electron chi connectivity index (χ3n) is 10.3. The summed E-state index contributed by atoms with van der Waals surface area (Å²) in [5.74, 6) is 1.82. The Balaban J connectivity index is 1.18. The maximum absolute atomic E-state index is 5.32. The van der Waals surface area contributed by atoms with Gasteiger partial charge in [-0.3, -0.25) is 4.90 Å². The van der Waals surface area contributed by atoms with E-state index >= 15 is 0 Å². The highest BCUT2D eigenvalue weighted by Gasteiger charge is 2.28. The molecule has 11 rings (SSSR count). The second-order valence-corrected chi connectivity index (χ2v) is 13.3. The molecule has 10 aromatic rings. The van der Waals surface area contributed by atoms with Crippen LogP contribution >= 0.6 is 0 Å². The van der Waals surface area contributed by atoms with Crippen LogP contribution in [0.4, 0.5) is 17.3 Å². The summed E-state index contributed by atoms with van der Waals surface area (Å²) in [5, 5.41) is 7.01. The molecule has 1 aliphatic rings. The first-order valence-corrected chi connectivity index (χ1v) is 17.5. The summed E-state index contributed by atoms with van der Waals surface area (Å²) in [6.45, 7) is 0. The normalized spacial score (nSPS) is 12.2. The second-order valence-electron chi connectivity index (χ2n) is 13.3. The van der Waals surface area contributed by atoms with Crippen LogP contribution in [0.25, 0.3) is 82.9 Å². The Hall–Kier alpha value is -7.11. The average molecular weight is 664 g/mol. The molecule has 0 saturated heterocycles. The van der Waals surface area contributed by atoms with E-state index in [-0.39, 0.29) is 0 Å². The van der Waals surface area contributed by atoms with Gasteiger partial charge in [-0.15, -0.1) is 0 Å². The smallest absolute Gasteiger partial charge is 0.238 e. The summed E-state index contributed by atoms with van der Waals surface area (Å²) < 4.78 is 2.33. The summed E-state index contributed by atoms with van der Waals surface area (Å²) in [6, 6.07) is 62.1. The third kappa shape index (κ3) is 4.33. The molecule has 0 aliphatic carbocycles. The van der Waals surface area contributed by atoms with E-state index in [0.717, 1.165) is 55.6 Å². The largest absolute Gasteiger partial charge is 0.309 e. The van der Waals surface area contributed by atoms with Gasteiger partial charge in [0.25, 0.3) is 0 Å². The highest BCUT2D eigenvalue weighted by atomic mass is 15.3. The van der Waals surface area contributed by atoms with Crippen LogP contribution in [-0.2, 0) is 0 Å². The minimum absolute atomic E-state index is 0.578. The first-order chi connectivity index (χ1) is 25.8. The van der Waals surface area contributed by atoms with Gasteiger partial charge in [-0.05, 0) is 76.3 Å². The van der Waals surface area contributed by atoms with E-state index in [0.29, 0.717) is 17.6 Å². The lowest BCUT2D eigenvalue weighted by Crippen LogP contribution is -2.18. The van der Waals surface area contributed by atoms with Crippen LogP contribution in [0.15, 0.2) is 176 Å². The zero-order chi connectivity index (χ0) is 34.2. The molecule has 0 radical (unpaired) electrons. The lowest BCUT2D eigenvalue weighted by atomic mass is 9.91. The van der Waals surface area contributed by atoms with Crippen molar-refractivity contribution in [2.24, 2.45) is 0 Å². The molecule has 0 amide bonds. The maximum Gasteiger partial charge on any atom is 0.238 e. The van der Waals surface area contributed by atoms with Crippen LogP contribution in [0, 0.1) is 0 Å². The number of nitrogens with zero attached hydrogens (tertiary/aromatic N) is 5. The number of fused-ring (bicyclic) bond motifs is 6. The first-order valence-electron chi connectivity index (χ1n) is 17.5. The van der Waals surface area contributed by atoms with Crippen LogP contribution in [0.5, 0.6) is 0 Å². The summed E-state index contributed by atoms with van der Waals surface area (Å²) >= 11 is 0. The highest BCUT2D eigenvalue weighted by molar-refractivity contribution is 6.13. The van der Waals surface area contributed by atoms with Gasteiger partial charge in [-0.25, -0.2) is 4.98 Å². The van der Waals surface area contributed by atoms with Crippen LogP contribution in [0.2, 0.25) is 0 Å². The van der Waals surface area contributed by atoms with Crippen molar-refractivity contribution < 1.29 is 0 Å². The number of para-hydroxylation sites is 3. The van der Waals surface area contributed by atoms with E-state index in [1.54, 1.807) is 0 Å². The molecule has 1 aliphatic heterocycles. The van der Waals surface area contributed by atoms with E-state index < -0.39 is 0 Å². The second kappa shape index (κ2) is 11.2. The summed E-state index contributed by atoms with van der Waals surface area (Å²) in [4.78, 5) is 18.0. The Morgan fingerprint density at radius 3 is 1.90 bits per heavy atom. The van der Waals surface area contributed by atoms with E-state index in [1.807, 2.05) is 0 Å². The van der Waals surface area contributed by atoms with Crippen molar-refractivity contribution in [2.45, 2.75) is 0 Å².